The number of aromatic nitrogens is 1. The highest BCUT2D eigenvalue weighted by molar-refractivity contribution is 7.16. The zero-order valence-corrected chi connectivity index (χ0v) is 19.1. The van der Waals surface area contributed by atoms with Crippen LogP contribution in [0.5, 0.6) is 5.75 Å². The minimum Gasteiger partial charge on any atom is -1.00 e. The van der Waals surface area contributed by atoms with Crippen molar-refractivity contribution >= 4 is 27.5 Å². The fourth-order valence-corrected chi connectivity index (χ4v) is 4.06. The summed E-state index contributed by atoms with van der Waals surface area (Å²) in [5.41, 5.74) is 2.86. The molecule has 0 amide bonds. The summed E-state index contributed by atoms with van der Waals surface area (Å²) < 4.78 is 12.7. The molecule has 0 saturated heterocycles. The maximum absolute atomic E-state index is 11.8. The molecule has 0 aliphatic carbocycles. The van der Waals surface area contributed by atoms with Crippen molar-refractivity contribution in [3.05, 3.63) is 63.3 Å². The Morgan fingerprint density at radius 3 is 2.68 bits per heavy atom. The lowest BCUT2D eigenvalue weighted by molar-refractivity contribution is -0.661. The van der Waals surface area contributed by atoms with E-state index in [1.165, 1.54) is 11.3 Å². The Kier molecular flexibility index (Phi) is 9.51. The number of hydrogen-bond donors (Lipinski definition) is 2. The first-order valence-corrected chi connectivity index (χ1v) is 10.8. The third kappa shape index (κ3) is 6.80. The summed E-state index contributed by atoms with van der Waals surface area (Å²) in [6, 6.07) is 13.3. The second kappa shape index (κ2) is 11.9. The van der Waals surface area contributed by atoms with Gasteiger partial charge in [0.05, 0.1) is 23.4 Å². The number of aliphatic hydroxyl groups is 1. The summed E-state index contributed by atoms with van der Waals surface area (Å²) >= 11 is 1.19. The fraction of sp³-hybridized carbons (Fsp3) is 0.364. The van der Waals surface area contributed by atoms with Gasteiger partial charge in [-0.15, -0.1) is 0 Å². The van der Waals surface area contributed by atoms with E-state index in [1.807, 2.05) is 42.5 Å². The Morgan fingerprint density at radius 2 is 1.97 bits per heavy atom. The van der Waals surface area contributed by atoms with Crippen molar-refractivity contribution in [2.24, 2.45) is 7.05 Å². The molecule has 168 valence electrons. The average molecular weight is 467 g/mol. The number of nitrogens with zero attached hydrogens (tertiary/aromatic N) is 1. The van der Waals surface area contributed by atoms with Crippen LogP contribution in [-0.2, 0) is 23.0 Å². The van der Waals surface area contributed by atoms with Gasteiger partial charge in [0.1, 0.15) is 18.4 Å². The standard InChI is InChI=1S/C22H26N2O5S.ClH/c1-3-28-21(26)14-29-17-7-4-15(5-8-17)10-11-23-13-19(25)16-6-9-18-20(12-16)30-22(27)24(18)2;/h4-9,12,19,23,25H,3,10-11,13-14H2,1-2H3;1H. The summed E-state index contributed by atoms with van der Waals surface area (Å²) in [5, 5.41) is 12.5. The van der Waals surface area contributed by atoms with Gasteiger partial charge in [-0.1, -0.05) is 29.5 Å². The molecule has 0 radical (unpaired) electrons. The van der Waals surface area contributed by atoms with E-state index in [-0.39, 0.29) is 29.9 Å². The SMILES string of the molecule is CCOC(=O)COc1ccc(CC[NH2+]CC(O)c2ccc3c(c2)sc(=O)n3C)cc1.[Cl-]. The van der Waals surface area contributed by atoms with Crippen LogP contribution in [0.15, 0.2) is 47.3 Å². The highest BCUT2D eigenvalue weighted by atomic mass is 35.5. The van der Waals surface area contributed by atoms with Gasteiger partial charge in [0.15, 0.2) is 6.61 Å². The largest absolute Gasteiger partial charge is 1.00 e. The number of aryl methyl sites for hydroxylation is 1. The molecule has 0 spiro atoms. The van der Waals surface area contributed by atoms with Crippen LogP contribution in [0.25, 0.3) is 10.2 Å². The lowest BCUT2D eigenvalue weighted by atomic mass is 10.1. The number of carbonyl (C=O) groups is 1. The lowest BCUT2D eigenvalue weighted by Gasteiger charge is -2.10. The number of quaternary nitrogens is 1. The molecular formula is C22H27ClN2O5S. The number of thiazole rings is 1. The normalized spacial score (nSPS) is 11.7. The number of ether oxygens (including phenoxy) is 2. The number of rotatable bonds is 10. The smallest absolute Gasteiger partial charge is 0.344 e. The zero-order valence-electron chi connectivity index (χ0n) is 17.5. The Bertz CT molecular complexity index is 1050. The second-order valence-corrected chi connectivity index (χ2v) is 7.96. The van der Waals surface area contributed by atoms with Crippen molar-refractivity contribution in [2.45, 2.75) is 19.4 Å². The molecule has 2 aromatic carbocycles. The van der Waals surface area contributed by atoms with Gasteiger partial charge in [-0.3, -0.25) is 4.79 Å². The van der Waals surface area contributed by atoms with E-state index in [0.29, 0.717) is 18.9 Å². The van der Waals surface area contributed by atoms with E-state index in [0.717, 1.165) is 34.3 Å². The van der Waals surface area contributed by atoms with E-state index >= 15 is 0 Å². The molecule has 1 heterocycles. The van der Waals surface area contributed by atoms with Crippen LogP contribution in [0.3, 0.4) is 0 Å². The Balaban J connectivity index is 0.00000341. The van der Waals surface area contributed by atoms with E-state index in [4.69, 9.17) is 9.47 Å². The highest BCUT2D eigenvalue weighted by Crippen LogP contribution is 2.21. The van der Waals surface area contributed by atoms with Crippen molar-refractivity contribution < 1.29 is 37.1 Å². The van der Waals surface area contributed by atoms with Crippen molar-refractivity contribution in [3.63, 3.8) is 0 Å². The van der Waals surface area contributed by atoms with Crippen molar-refractivity contribution in [2.75, 3.05) is 26.3 Å². The van der Waals surface area contributed by atoms with E-state index in [2.05, 4.69) is 5.32 Å². The third-order valence-electron chi connectivity index (χ3n) is 4.81. The predicted octanol–water partition coefficient (Wildman–Crippen LogP) is -1.61. The van der Waals surface area contributed by atoms with Crippen LogP contribution in [0, 0.1) is 0 Å². The first-order chi connectivity index (χ1) is 14.5. The monoisotopic (exact) mass is 466 g/mol. The summed E-state index contributed by atoms with van der Waals surface area (Å²) in [5.74, 6) is 0.250. The van der Waals surface area contributed by atoms with Gasteiger partial charge >= 0.3 is 10.8 Å². The van der Waals surface area contributed by atoms with Gasteiger partial charge in [-0.2, -0.15) is 0 Å². The maximum Gasteiger partial charge on any atom is 0.344 e. The molecule has 0 bridgehead atoms. The van der Waals surface area contributed by atoms with Crippen LogP contribution in [0.1, 0.15) is 24.2 Å². The van der Waals surface area contributed by atoms with Crippen molar-refractivity contribution in [1.29, 1.82) is 0 Å². The minimum absolute atomic E-state index is 0. The molecule has 1 atom stereocenters. The van der Waals surface area contributed by atoms with Gasteiger partial charge in [0.25, 0.3) is 0 Å². The number of esters is 1. The van der Waals surface area contributed by atoms with Gasteiger partial charge in [0, 0.05) is 13.5 Å². The molecule has 0 aliphatic rings. The quantitative estimate of drug-likeness (QED) is 0.277. The molecular weight excluding hydrogens is 440 g/mol. The lowest BCUT2D eigenvalue weighted by Crippen LogP contribution is -3.00. The summed E-state index contributed by atoms with van der Waals surface area (Å²) in [6.07, 6.45) is 0.264. The molecule has 31 heavy (non-hydrogen) atoms. The Hall–Kier alpha value is -2.39. The summed E-state index contributed by atoms with van der Waals surface area (Å²) in [6.45, 7) is 3.39. The Morgan fingerprint density at radius 1 is 1.23 bits per heavy atom. The van der Waals surface area contributed by atoms with Gasteiger partial charge in [-0.05, 0) is 42.3 Å². The van der Waals surface area contributed by atoms with Crippen LogP contribution in [0.2, 0.25) is 0 Å². The minimum atomic E-state index is -0.587. The molecule has 0 fully saturated rings. The van der Waals surface area contributed by atoms with E-state index in [1.54, 1.807) is 18.5 Å². The molecule has 3 aromatic rings. The zero-order chi connectivity index (χ0) is 21.5. The topological polar surface area (TPSA) is 94.4 Å². The number of nitrogens with two attached hydrogens (primary N) is 1. The van der Waals surface area contributed by atoms with E-state index in [9.17, 15) is 14.7 Å². The van der Waals surface area contributed by atoms with E-state index < -0.39 is 6.10 Å². The van der Waals surface area contributed by atoms with Gasteiger partial charge in [-0.25, -0.2) is 4.79 Å². The van der Waals surface area contributed by atoms with Crippen LogP contribution < -0.4 is 27.3 Å². The molecule has 1 aromatic heterocycles. The summed E-state index contributed by atoms with van der Waals surface area (Å²) in [4.78, 5) is 23.1. The number of hydrogen-bond acceptors (Lipinski definition) is 6. The molecule has 1 unspecified atom stereocenters. The maximum atomic E-state index is 11.8. The highest BCUT2D eigenvalue weighted by Gasteiger charge is 2.12. The molecule has 7 nitrogen and oxygen atoms in total. The van der Waals surface area contributed by atoms with Crippen LogP contribution >= 0.6 is 11.3 Å². The van der Waals surface area contributed by atoms with Crippen molar-refractivity contribution in [1.82, 2.24) is 4.57 Å². The predicted molar refractivity (Wildman–Crippen MR) is 116 cm³/mol. The summed E-state index contributed by atoms with van der Waals surface area (Å²) in [7, 11) is 1.75. The Labute approximate surface area is 191 Å². The average Bonchev–Trinajstić information content (AvgIpc) is 3.03. The number of carbonyl (C=O) groups excluding carboxylic acids is 1. The first kappa shape index (κ1) is 24.9. The number of halogens is 1. The van der Waals surface area contributed by atoms with Gasteiger partial charge < -0.3 is 36.9 Å². The number of aliphatic hydroxyl groups excluding tert-OH is 1. The van der Waals surface area contributed by atoms with Crippen LogP contribution in [0.4, 0.5) is 0 Å². The number of fused-ring (bicyclic) bond motifs is 1. The fourth-order valence-electron chi connectivity index (χ4n) is 3.14. The van der Waals surface area contributed by atoms with Crippen LogP contribution in [-0.4, -0.2) is 41.9 Å². The molecule has 3 rings (SSSR count). The first-order valence-electron chi connectivity index (χ1n) is 9.94. The molecule has 3 N–H and O–H groups in total. The second-order valence-electron chi connectivity index (χ2n) is 6.97. The van der Waals surface area contributed by atoms with Gasteiger partial charge in [0.2, 0.25) is 0 Å². The molecule has 0 saturated carbocycles. The number of benzene rings is 2. The third-order valence-corrected chi connectivity index (χ3v) is 5.81. The van der Waals surface area contributed by atoms with Crippen molar-refractivity contribution in [3.8, 4) is 5.75 Å². The molecule has 0 aliphatic heterocycles. The molecule has 9 heteroatoms.